The van der Waals surface area contributed by atoms with Crippen molar-refractivity contribution in [2.45, 2.75) is 38.8 Å². The number of aliphatic hydroxyl groups excluding tert-OH is 1. The molecule has 0 aromatic rings. The second-order valence-corrected chi connectivity index (χ2v) is 3.55. The van der Waals surface area contributed by atoms with Crippen molar-refractivity contribution in [2.75, 3.05) is 6.54 Å². The summed E-state index contributed by atoms with van der Waals surface area (Å²) in [5, 5.41) is 12.7. The maximum Gasteiger partial charge on any atom is 0.0705 e. The number of nitrogens with one attached hydrogen (secondary N) is 1. The first kappa shape index (κ1) is 8.02. The molecule has 1 aliphatic heterocycles. The standard InChI is InChI=1S/C8H17NO/c1-6(2)5-7-8(10)3-4-9-7/h6-10H,3-5H2,1-2H3/t7-,8+/m1/s1. The zero-order valence-electron chi connectivity index (χ0n) is 6.80. The largest absolute Gasteiger partial charge is 0.391 e. The molecule has 1 fully saturated rings. The molecule has 0 bridgehead atoms. The predicted molar refractivity (Wildman–Crippen MR) is 41.9 cm³/mol. The van der Waals surface area contributed by atoms with Crippen molar-refractivity contribution in [3.05, 3.63) is 0 Å². The lowest BCUT2D eigenvalue weighted by Crippen LogP contribution is -2.31. The molecule has 0 aromatic carbocycles. The van der Waals surface area contributed by atoms with Crippen LogP contribution < -0.4 is 5.32 Å². The highest BCUT2D eigenvalue weighted by Crippen LogP contribution is 2.14. The van der Waals surface area contributed by atoms with Crippen LogP contribution in [0, 0.1) is 5.92 Å². The van der Waals surface area contributed by atoms with Crippen molar-refractivity contribution >= 4 is 0 Å². The van der Waals surface area contributed by atoms with Crippen LogP contribution in [0.15, 0.2) is 0 Å². The fourth-order valence-electron chi connectivity index (χ4n) is 1.50. The maximum atomic E-state index is 9.38. The molecule has 0 saturated carbocycles. The summed E-state index contributed by atoms with van der Waals surface area (Å²) in [5.74, 6) is 0.685. The summed E-state index contributed by atoms with van der Waals surface area (Å²) in [6.45, 7) is 5.36. The lowest BCUT2D eigenvalue weighted by Gasteiger charge is -2.16. The van der Waals surface area contributed by atoms with E-state index in [2.05, 4.69) is 19.2 Å². The van der Waals surface area contributed by atoms with Crippen LogP contribution in [0.25, 0.3) is 0 Å². The third-order valence-electron chi connectivity index (χ3n) is 2.04. The first-order valence-corrected chi connectivity index (χ1v) is 4.11. The van der Waals surface area contributed by atoms with Gasteiger partial charge in [-0.2, -0.15) is 0 Å². The van der Waals surface area contributed by atoms with Crippen molar-refractivity contribution < 1.29 is 5.11 Å². The fraction of sp³-hybridized carbons (Fsp3) is 1.00. The van der Waals surface area contributed by atoms with E-state index in [1.807, 2.05) is 0 Å². The Bertz CT molecular complexity index is 103. The first-order chi connectivity index (χ1) is 4.70. The number of rotatable bonds is 2. The Labute approximate surface area is 62.6 Å². The third kappa shape index (κ3) is 1.96. The molecule has 0 unspecified atom stereocenters. The summed E-state index contributed by atoms with van der Waals surface area (Å²) in [6, 6.07) is 0.361. The van der Waals surface area contributed by atoms with Gasteiger partial charge in [0.1, 0.15) is 0 Å². The summed E-state index contributed by atoms with van der Waals surface area (Å²) >= 11 is 0. The first-order valence-electron chi connectivity index (χ1n) is 4.11. The monoisotopic (exact) mass is 143 g/mol. The van der Waals surface area contributed by atoms with E-state index >= 15 is 0 Å². The second kappa shape index (κ2) is 3.35. The molecule has 0 radical (unpaired) electrons. The highest BCUT2D eigenvalue weighted by Gasteiger charge is 2.24. The van der Waals surface area contributed by atoms with Crippen LogP contribution in [0.1, 0.15) is 26.7 Å². The molecule has 0 spiro atoms. The van der Waals surface area contributed by atoms with Gasteiger partial charge in [0.2, 0.25) is 0 Å². The van der Waals surface area contributed by atoms with Crippen LogP contribution in [0.4, 0.5) is 0 Å². The molecule has 10 heavy (non-hydrogen) atoms. The predicted octanol–water partition coefficient (Wildman–Crippen LogP) is 0.755. The van der Waals surface area contributed by atoms with Crippen LogP contribution in [0.3, 0.4) is 0 Å². The zero-order chi connectivity index (χ0) is 7.56. The van der Waals surface area contributed by atoms with E-state index in [9.17, 15) is 5.11 Å². The molecule has 2 atom stereocenters. The topological polar surface area (TPSA) is 32.3 Å². The minimum absolute atomic E-state index is 0.0950. The molecule has 1 aliphatic rings. The van der Waals surface area contributed by atoms with Crippen molar-refractivity contribution in [3.63, 3.8) is 0 Å². The van der Waals surface area contributed by atoms with Crippen LogP contribution in [-0.2, 0) is 0 Å². The summed E-state index contributed by atoms with van der Waals surface area (Å²) in [4.78, 5) is 0. The van der Waals surface area contributed by atoms with Gasteiger partial charge in [0, 0.05) is 6.04 Å². The lowest BCUT2D eigenvalue weighted by atomic mass is 10.0. The van der Waals surface area contributed by atoms with E-state index in [0.717, 1.165) is 19.4 Å². The minimum atomic E-state index is -0.0950. The van der Waals surface area contributed by atoms with Gasteiger partial charge in [-0.1, -0.05) is 13.8 Å². The Hall–Kier alpha value is -0.0800. The highest BCUT2D eigenvalue weighted by atomic mass is 16.3. The average molecular weight is 143 g/mol. The number of hydrogen-bond acceptors (Lipinski definition) is 2. The third-order valence-corrected chi connectivity index (χ3v) is 2.04. The molecule has 0 aliphatic carbocycles. The molecular weight excluding hydrogens is 126 g/mol. The van der Waals surface area contributed by atoms with Crippen LogP contribution in [-0.4, -0.2) is 23.8 Å². The van der Waals surface area contributed by atoms with Crippen LogP contribution in [0.5, 0.6) is 0 Å². The zero-order valence-corrected chi connectivity index (χ0v) is 6.80. The smallest absolute Gasteiger partial charge is 0.0705 e. The Kier molecular flexibility index (Phi) is 2.69. The number of aliphatic hydroxyl groups is 1. The average Bonchev–Trinajstić information content (AvgIpc) is 2.15. The van der Waals surface area contributed by atoms with E-state index in [1.54, 1.807) is 0 Å². The summed E-state index contributed by atoms with van der Waals surface area (Å²) in [5.41, 5.74) is 0. The van der Waals surface area contributed by atoms with Gasteiger partial charge in [-0.25, -0.2) is 0 Å². The Morgan fingerprint density at radius 1 is 1.60 bits per heavy atom. The van der Waals surface area contributed by atoms with E-state index in [0.29, 0.717) is 12.0 Å². The quantitative estimate of drug-likeness (QED) is 0.598. The molecule has 1 saturated heterocycles. The van der Waals surface area contributed by atoms with Crippen molar-refractivity contribution in [2.24, 2.45) is 5.92 Å². The molecule has 2 heteroatoms. The molecule has 0 aromatic heterocycles. The maximum absolute atomic E-state index is 9.38. The SMILES string of the molecule is CC(C)C[C@H]1NCC[C@@H]1O. The van der Waals surface area contributed by atoms with Gasteiger partial charge in [-0.15, -0.1) is 0 Å². The van der Waals surface area contributed by atoms with Crippen LogP contribution in [0.2, 0.25) is 0 Å². The van der Waals surface area contributed by atoms with Gasteiger partial charge >= 0.3 is 0 Å². The van der Waals surface area contributed by atoms with Gasteiger partial charge in [0.25, 0.3) is 0 Å². The Morgan fingerprint density at radius 3 is 2.70 bits per heavy atom. The normalized spacial score (nSPS) is 33.6. The Balaban J connectivity index is 2.26. The van der Waals surface area contributed by atoms with Crippen molar-refractivity contribution in [1.82, 2.24) is 5.32 Å². The number of hydrogen-bond donors (Lipinski definition) is 2. The molecule has 60 valence electrons. The highest BCUT2D eigenvalue weighted by molar-refractivity contribution is 4.83. The van der Waals surface area contributed by atoms with Crippen LogP contribution >= 0.6 is 0 Å². The fourth-order valence-corrected chi connectivity index (χ4v) is 1.50. The summed E-state index contributed by atoms with van der Waals surface area (Å²) in [6.07, 6.45) is 1.93. The van der Waals surface area contributed by atoms with Crippen molar-refractivity contribution in [1.29, 1.82) is 0 Å². The molecule has 0 amide bonds. The molecule has 2 N–H and O–H groups in total. The molecular formula is C8H17NO. The Morgan fingerprint density at radius 2 is 2.30 bits per heavy atom. The van der Waals surface area contributed by atoms with E-state index in [1.165, 1.54) is 0 Å². The second-order valence-electron chi connectivity index (χ2n) is 3.55. The summed E-state index contributed by atoms with van der Waals surface area (Å²) in [7, 11) is 0. The van der Waals surface area contributed by atoms with Gasteiger partial charge in [-0.3, -0.25) is 0 Å². The lowest BCUT2D eigenvalue weighted by molar-refractivity contribution is 0.149. The van der Waals surface area contributed by atoms with E-state index in [4.69, 9.17) is 0 Å². The summed E-state index contributed by atoms with van der Waals surface area (Å²) < 4.78 is 0. The minimum Gasteiger partial charge on any atom is -0.391 e. The van der Waals surface area contributed by atoms with E-state index < -0.39 is 0 Å². The van der Waals surface area contributed by atoms with Gasteiger partial charge in [0.05, 0.1) is 6.10 Å². The molecule has 1 rings (SSSR count). The van der Waals surface area contributed by atoms with Gasteiger partial charge in [-0.05, 0) is 25.3 Å². The molecule has 2 nitrogen and oxygen atoms in total. The van der Waals surface area contributed by atoms with Gasteiger partial charge < -0.3 is 10.4 Å². The molecule has 1 heterocycles. The van der Waals surface area contributed by atoms with Crippen molar-refractivity contribution in [3.8, 4) is 0 Å². The van der Waals surface area contributed by atoms with Gasteiger partial charge in [0.15, 0.2) is 0 Å². The van der Waals surface area contributed by atoms with E-state index in [-0.39, 0.29) is 6.10 Å².